The van der Waals surface area contributed by atoms with Crippen molar-refractivity contribution in [1.29, 1.82) is 0 Å². The van der Waals surface area contributed by atoms with Gasteiger partial charge >= 0.3 is 0 Å². The van der Waals surface area contributed by atoms with Crippen LogP contribution in [0.15, 0.2) is 12.1 Å². The van der Waals surface area contributed by atoms with Crippen molar-refractivity contribution in [1.82, 2.24) is 0 Å². The molecular weight excluding hydrogens is 328 g/mol. The fourth-order valence-electron chi connectivity index (χ4n) is 3.33. The average molecular weight is 355 g/mol. The summed E-state index contributed by atoms with van der Waals surface area (Å²) in [5, 5.41) is 0. The first-order chi connectivity index (χ1) is 10.2. The maximum absolute atomic E-state index is 5.47. The summed E-state index contributed by atoms with van der Waals surface area (Å²) in [5.41, 5.74) is 2.62. The number of rotatable bonds is 4. The summed E-state index contributed by atoms with van der Waals surface area (Å²) in [7, 11) is 3.40. The van der Waals surface area contributed by atoms with Gasteiger partial charge < -0.3 is 9.47 Å². The second-order valence-electron chi connectivity index (χ2n) is 6.07. The Kier molecular flexibility index (Phi) is 6.40. The Balaban J connectivity index is 2.22. The van der Waals surface area contributed by atoms with Crippen molar-refractivity contribution in [2.75, 3.05) is 14.2 Å². The van der Waals surface area contributed by atoms with Crippen LogP contribution in [0, 0.1) is 12.8 Å². The monoisotopic (exact) mass is 354 g/mol. The van der Waals surface area contributed by atoms with Gasteiger partial charge in [0.1, 0.15) is 0 Å². The zero-order chi connectivity index (χ0) is 15.2. The van der Waals surface area contributed by atoms with Gasteiger partial charge in [0.2, 0.25) is 0 Å². The van der Waals surface area contributed by atoms with E-state index in [1.54, 1.807) is 14.2 Å². The molecule has 2 nitrogen and oxygen atoms in total. The van der Waals surface area contributed by atoms with E-state index < -0.39 is 0 Å². The van der Waals surface area contributed by atoms with Crippen LogP contribution in [0.3, 0.4) is 0 Å². The zero-order valence-corrected chi connectivity index (χ0v) is 15.0. The molecule has 0 saturated heterocycles. The molecule has 0 spiro atoms. The summed E-state index contributed by atoms with van der Waals surface area (Å²) in [6, 6.07) is 4.23. The number of benzene rings is 1. The molecule has 0 bridgehead atoms. The first kappa shape index (κ1) is 16.7. The summed E-state index contributed by atoms with van der Waals surface area (Å²) in [5.74, 6) is 2.37. The van der Waals surface area contributed by atoms with Gasteiger partial charge in [0.25, 0.3) is 0 Å². The molecule has 118 valence electrons. The van der Waals surface area contributed by atoms with E-state index in [2.05, 4.69) is 35.0 Å². The largest absolute Gasteiger partial charge is 0.493 e. The standard InChI is InChI=1S/C18H27BrO2/c1-13-11-16(20-2)17(21-3)12-15(13)18(19)14-9-7-5-4-6-8-10-14/h11-12,14,18H,4-10H2,1-3H3. The quantitative estimate of drug-likeness (QED) is 0.635. The molecule has 2 rings (SSSR count). The molecule has 0 radical (unpaired) electrons. The van der Waals surface area contributed by atoms with Crippen LogP contribution in [0.5, 0.6) is 11.5 Å². The van der Waals surface area contributed by atoms with Crippen LogP contribution in [-0.4, -0.2) is 14.2 Å². The molecule has 1 aromatic carbocycles. The first-order valence-corrected chi connectivity index (χ1v) is 8.95. The lowest BCUT2D eigenvalue weighted by Gasteiger charge is -2.26. The van der Waals surface area contributed by atoms with Crippen molar-refractivity contribution in [2.24, 2.45) is 5.92 Å². The Morgan fingerprint density at radius 3 is 2.05 bits per heavy atom. The third-order valence-electron chi connectivity index (χ3n) is 4.63. The number of hydrogen-bond donors (Lipinski definition) is 0. The van der Waals surface area contributed by atoms with Gasteiger partial charge in [0.15, 0.2) is 11.5 Å². The summed E-state index contributed by atoms with van der Waals surface area (Å²) >= 11 is 3.97. The average Bonchev–Trinajstić information content (AvgIpc) is 2.46. The van der Waals surface area contributed by atoms with Crippen LogP contribution < -0.4 is 9.47 Å². The summed E-state index contributed by atoms with van der Waals surface area (Å²) in [6.07, 6.45) is 9.56. The number of aryl methyl sites for hydroxylation is 1. The highest BCUT2D eigenvalue weighted by atomic mass is 79.9. The minimum atomic E-state index is 0.412. The topological polar surface area (TPSA) is 18.5 Å². The minimum absolute atomic E-state index is 0.412. The van der Waals surface area contributed by atoms with E-state index in [1.165, 1.54) is 56.1 Å². The Morgan fingerprint density at radius 1 is 0.952 bits per heavy atom. The molecule has 0 N–H and O–H groups in total. The van der Waals surface area contributed by atoms with Gasteiger partial charge in [-0.25, -0.2) is 0 Å². The smallest absolute Gasteiger partial charge is 0.161 e. The van der Waals surface area contributed by atoms with E-state index in [-0.39, 0.29) is 0 Å². The van der Waals surface area contributed by atoms with E-state index in [0.29, 0.717) is 4.83 Å². The third-order valence-corrected chi connectivity index (χ3v) is 5.87. The summed E-state index contributed by atoms with van der Waals surface area (Å²) in [6.45, 7) is 2.16. The number of hydrogen-bond acceptors (Lipinski definition) is 2. The second kappa shape index (κ2) is 8.07. The number of alkyl halides is 1. The second-order valence-corrected chi connectivity index (χ2v) is 7.06. The maximum Gasteiger partial charge on any atom is 0.161 e. The van der Waals surface area contributed by atoms with Crippen LogP contribution >= 0.6 is 15.9 Å². The third kappa shape index (κ3) is 4.15. The van der Waals surface area contributed by atoms with E-state index >= 15 is 0 Å². The van der Waals surface area contributed by atoms with E-state index in [0.717, 1.165) is 17.4 Å². The molecule has 3 heteroatoms. The highest BCUT2D eigenvalue weighted by Gasteiger charge is 2.24. The molecule has 21 heavy (non-hydrogen) atoms. The van der Waals surface area contributed by atoms with Gasteiger partial charge in [0.05, 0.1) is 14.2 Å². The van der Waals surface area contributed by atoms with Crippen molar-refractivity contribution in [3.63, 3.8) is 0 Å². The number of halogens is 1. The Bertz CT molecular complexity index is 451. The van der Waals surface area contributed by atoms with E-state index in [1.807, 2.05) is 0 Å². The number of ether oxygens (including phenoxy) is 2. The van der Waals surface area contributed by atoms with Gasteiger partial charge in [-0.05, 0) is 48.9 Å². The lowest BCUT2D eigenvalue weighted by molar-refractivity contribution is 0.351. The van der Waals surface area contributed by atoms with E-state index in [4.69, 9.17) is 9.47 Å². The molecule has 1 unspecified atom stereocenters. The van der Waals surface area contributed by atoms with Gasteiger partial charge in [-0.15, -0.1) is 0 Å². The highest BCUT2D eigenvalue weighted by Crippen LogP contribution is 2.43. The van der Waals surface area contributed by atoms with Crippen LogP contribution in [0.2, 0.25) is 0 Å². The Morgan fingerprint density at radius 2 is 1.48 bits per heavy atom. The summed E-state index contributed by atoms with van der Waals surface area (Å²) < 4.78 is 10.9. The molecule has 1 aromatic rings. The van der Waals surface area contributed by atoms with Gasteiger partial charge in [0, 0.05) is 4.83 Å². The molecule has 1 aliphatic rings. The number of methoxy groups -OCH3 is 2. The molecule has 0 aliphatic heterocycles. The molecule has 1 saturated carbocycles. The van der Waals surface area contributed by atoms with Crippen molar-refractivity contribution in [3.05, 3.63) is 23.3 Å². The molecule has 0 aromatic heterocycles. The van der Waals surface area contributed by atoms with Gasteiger partial charge in [-0.3, -0.25) is 0 Å². The van der Waals surface area contributed by atoms with Crippen molar-refractivity contribution in [3.8, 4) is 11.5 Å². The van der Waals surface area contributed by atoms with Crippen molar-refractivity contribution >= 4 is 15.9 Å². The molecule has 1 aliphatic carbocycles. The van der Waals surface area contributed by atoms with E-state index in [9.17, 15) is 0 Å². The van der Waals surface area contributed by atoms with Crippen molar-refractivity contribution < 1.29 is 9.47 Å². The summed E-state index contributed by atoms with van der Waals surface area (Å²) in [4.78, 5) is 0.412. The SMILES string of the molecule is COc1cc(C)c(C(Br)C2CCCCCCC2)cc1OC. The lowest BCUT2D eigenvalue weighted by atomic mass is 9.85. The van der Waals surface area contributed by atoms with Crippen LogP contribution in [0.4, 0.5) is 0 Å². The normalized spacial score (nSPS) is 18.7. The predicted octanol–water partition coefficient (Wildman–Crippen LogP) is 5.81. The maximum atomic E-state index is 5.47. The van der Waals surface area contributed by atoms with Crippen LogP contribution in [0.25, 0.3) is 0 Å². The van der Waals surface area contributed by atoms with Crippen LogP contribution in [0.1, 0.15) is 60.9 Å². The Hall–Kier alpha value is -0.700. The Labute approximate surface area is 137 Å². The molecule has 0 heterocycles. The molecule has 1 fully saturated rings. The zero-order valence-electron chi connectivity index (χ0n) is 13.5. The fourth-order valence-corrected chi connectivity index (χ4v) is 4.35. The predicted molar refractivity (Wildman–Crippen MR) is 91.8 cm³/mol. The molecular formula is C18H27BrO2. The fraction of sp³-hybridized carbons (Fsp3) is 0.667. The van der Waals surface area contributed by atoms with Gasteiger partial charge in [-0.2, -0.15) is 0 Å². The van der Waals surface area contributed by atoms with Crippen molar-refractivity contribution in [2.45, 2.75) is 56.7 Å². The highest BCUT2D eigenvalue weighted by molar-refractivity contribution is 9.09. The van der Waals surface area contributed by atoms with Crippen LogP contribution in [-0.2, 0) is 0 Å². The first-order valence-electron chi connectivity index (χ1n) is 8.04. The molecule has 1 atom stereocenters. The van der Waals surface area contributed by atoms with Gasteiger partial charge in [-0.1, -0.05) is 48.0 Å². The lowest BCUT2D eigenvalue weighted by Crippen LogP contribution is -2.11. The minimum Gasteiger partial charge on any atom is -0.493 e. The molecule has 0 amide bonds.